The molecule has 102 valence electrons. The van der Waals surface area contributed by atoms with Crippen LogP contribution in [0, 0.1) is 6.92 Å². The summed E-state index contributed by atoms with van der Waals surface area (Å²) < 4.78 is 0. The highest BCUT2D eigenvalue weighted by Gasteiger charge is 2.21. The summed E-state index contributed by atoms with van der Waals surface area (Å²) in [4.78, 5) is 10.7. The van der Waals surface area contributed by atoms with E-state index >= 15 is 0 Å². The fourth-order valence-electron chi connectivity index (χ4n) is 1.84. The molecule has 0 saturated carbocycles. The second-order valence-electron chi connectivity index (χ2n) is 5.63. The summed E-state index contributed by atoms with van der Waals surface area (Å²) in [5.74, 6) is 1.84. The fourth-order valence-corrected chi connectivity index (χ4v) is 2.62. The van der Waals surface area contributed by atoms with Gasteiger partial charge in [-0.2, -0.15) is 0 Å². The Morgan fingerprint density at radius 1 is 1.26 bits per heavy atom. The summed E-state index contributed by atoms with van der Waals surface area (Å²) in [6, 6.07) is 4.17. The Kier molecular flexibility index (Phi) is 3.90. The SMILES string of the molecule is CCNc1nc(C(C)(C)C)nc(-c2cccs2)c1C. The molecule has 2 aromatic rings. The third-order valence-corrected chi connectivity index (χ3v) is 3.79. The van der Waals surface area contributed by atoms with Gasteiger partial charge in [-0.15, -0.1) is 11.3 Å². The van der Waals surface area contributed by atoms with Gasteiger partial charge in [0.25, 0.3) is 0 Å². The van der Waals surface area contributed by atoms with Crippen molar-refractivity contribution in [3.8, 4) is 10.6 Å². The van der Waals surface area contributed by atoms with E-state index in [2.05, 4.69) is 62.4 Å². The van der Waals surface area contributed by atoms with Crippen molar-refractivity contribution < 1.29 is 0 Å². The Bertz CT molecular complexity index is 554. The third kappa shape index (κ3) is 2.95. The molecule has 0 spiro atoms. The van der Waals surface area contributed by atoms with Crippen LogP contribution in [0.25, 0.3) is 10.6 Å². The molecule has 0 aromatic carbocycles. The topological polar surface area (TPSA) is 37.8 Å². The number of thiophene rings is 1. The molecule has 0 radical (unpaired) electrons. The van der Waals surface area contributed by atoms with Crippen molar-refractivity contribution in [3.05, 3.63) is 28.9 Å². The van der Waals surface area contributed by atoms with Crippen LogP contribution in [-0.2, 0) is 5.41 Å². The minimum atomic E-state index is -0.0517. The number of hydrogen-bond donors (Lipinski definition) is 1. The zero-order valence-electron chi connectivity index (χ0n) is 12.2. The van der Waals surface area contributed by atoms with Crippen molar-refractivity contribution in [1.29, 1.82) is 0 Å². The number of rotatable bonds is 3. The van der Waals surface area contributed by atoms with Crippen LogP contribution in [0.15, 0.2) is 17.5 Å². The lowest BCUT2D eigenvalue weighted by atomic mass is 9.95. The van der Waals surface area contributed by atoms with Crippen molar-refractivity contribution in [2.75, 3.05) is 11.9 Å². The highest BCUT2D eigenvalue weighted by Crippen LogP contribution is 2.31. The minimum Gasteiger partial charge on any atom is -0.370 e. The van der Waals surface area contributed by atoms with Crippen LogP contribution in [0.4, 0.5) is 5.82 Å². The Hall–Kier alpha value is -1.42. The van der Waals surface area contributed by atoms with E-state index in [0.29, 0.717) is 0 Å². The standard InChI is InChI=1S/C15H21N3S/c1-6-16-13-10(2)12(11-8-7-9-19-11)17-14(18-13)15(3,4)5/h7-9H,6H2,1-5H3,(H,16,17,18). The van der Waals surface area contributed by atoms with E-state index in [1.807, 2.05) is 0 Å². The van der Waals surface area contributed by atoms with Gasteiger partial charge in [0.1, 0.15) is 11.6 Å². The first kappa shape index (κ1) is 14.0. The lowest BCUT2D eigenvalue weighted by Gasteiger charge is -2.20. The quantitative estimate of drug-likeness (QED) is 0.910. The van der Waals surface area contributed by atoms with Gasteiger partial charge in [-0.1, -0.05) is 26.8 Å². The molecule has 0 atom stereocenters. The molecule has 0 amide bonds. The summed E-state index contributed by atoms with van der Waals surface area (Å²) in [6.45, 7) is 11.5. The molecule has 4 heteroatoms. The third-order valence-electron chi connectivity index (χ3n) is 2.92. The van der Waals surface area contributed by atoms with Crippen LogP contribution >= 0.6 is 11.3 Å². The van der Waals surface area contributed by atoms with E-state index in [4.69, 9.17) is 4.98 Å². The van der Waals surface area contributed by atoms with Crippen LogP contribution in [0.3, 0.4) is 0 Å². The van der Waals surface area contributed by atoms with Gasteiger partial charge in [-0.3, -0.25) is 0 Å². The van der Waals surface area contributed by atoms with E-state index in [9.17, 15) is 0 Å². The van der Waals surface area contributed by atoms with E-state index in [0.717, 1.165) is 29.4 Å². The van der Waals surface area contributed by atoms with Gasteiger partial charge in [-0.05, 0) is 25.3 Å². The molecular formula is C15H21N3S. The lowest BCUT2D eigenvalue weighted by Crippen LogP contribution is -2.18. The molecule has 0 bridgehead atoms. The van der Waals surface area contributed by atoms with E-state index in [1.54, 1.807) is 11.3 Å². The maximum absolute atomic E-state index is 4.79. The largest absolute Gasteiger partial charge is 0.370 e. The number of anilines is 1. The Balaban J connectivity index is 2.62. The van der Waals surface area contributed by atoms with Gasteiger partial charge in [0.2, 0.25) is 0 Å². The van der Waals surface area contributed by atoms with Crippen molar-refractivity contribution in [2.45, 2.75) is 40.0 Å². The van der Waals surface area contributed by atoms with Crippen molar-refractivity contribution >= 4 is 17.2 Å². The molecule has 0 unspecified atom stereocenters. The summed E-state index contributed by atoms with van der Waals surface area (Å²) >= 11 is 1.72. The second-order valence-corrected chi connectivity index (χ2v) is 6.57. The summed E-state index contributed by atoms with van der Waals surface area (Å²) in [5.41, 5.74) is 2.12. The second kappa shape index (κ2) is 5.29. The van der Waals surface area contributed by atoms with Gasteiger partial charge in [0.05, 0.1) is 10.6 Å². The molecule has 0 aliphatic carbocycles. The average Bonchev–Trinajstić information content (AvgIpc) is 2.84. The number of aromatic nitrogens is 2. The van der Waals surface area contributed by atoms with Crippen LogP contribution in [-0.4, -0.2) is 16.5 Å². The van der Waals surface area contributed by atoms with Crippen LogP contribution in [0.2, 0.25) is 0 Å². The molecule has 1 N–H and O–H groups in total. The summed E-state index contributed by atoms with van der Waals surface area (Å²) in [6.07, 6.45) is 0. The van der Waals surface area contributed by atoms with Crippen LogP contribution in [0.1, 0.15) is 39.1 Å². The minimum absolute atomic E-state index is 0.0517. The van der Waals surface area contributed by atoms with Crippen molar-refractivity contribution in [1.82, 2.24) is 9.97 Å². The molecular weight excluding hydrogens is 254 g/mol. The number of nitrogens with zero attached hydrogens (tertiary/aromatic N) is 2. The first-order valence-electron chi connectivity index (χ1n) is 6.60. The molecule has 2 aromatic heterocycles. The predicted octanol–water partition coefficient (Wildman–Crippen LogP) is 4.24. The van der Waals surface area contributed by atoms with Gasteiger partial charge in [0.15, 0.2) is 0 Å². The lowest BCUT2D eigenvalue weighted by molar-refractivity contribution is 0.546. The monoisotopic (exact) mass is 275 g/mol. The summed E-state index contributed by atoms with van der Waals surface area (Å²) in [7, 11) is 0. The average molecular weight is 275 g/mol. The van der Waals surface area contributed by atoms with Gasteiger partial charge in [0, 0.05) is 17.5 Å². The Morgan fingerprint density at radius 3 is 2.53 bits per heavy atom. The van der Waals surface area contributed by atoms with Gasteiger partial charge in [-0.25, -0.2) is 9.97 Å². The predicted molar refractivity (Wildman–Crippen MR) is 82.9 cm³/mol. The highest BCUT2D eigenvalue weighted by molar-refractivity contribution is 7.13. The van der Waals surface area contributed by atoms with E-state index in [1.165, 1.54) is 4.88 Å². The van der Waals surface area contributed by atoms with Gasteiger partial charge >= 0.3 is 0 Å². The Morgan fingerprint density at radius 2 is 2.00 bits per heavy atom. The molecule has 0 aliphatic rings. The highest BCUT2D eigenvalue weighted by atomic mass is 32.1. The Labute approximate surface area is 119 Å². The van der Waals surface area contributed by atoms with Crippen molar-refractivity contribution in [2.24, 2.45) is 0 Å². The van der Waals surface area contributed by atoms with Crippen molar-refractivity contribution in [3.63, 3.8) is 0 Å². The number of nitrogens with one attached hydrogen (secondary N) is 1. The van der Waals surface area contributed by atoms with Crippen LogP contribution < -0.4 is 5.32 Å². The van der Waals surface area contributed by atoms with Crippen LogP contribution in [0.5, 0.6) is 0 Å². The van der Waals surface area contributed by atoms with E-state index < -0.39 is 0 Å². The molecule has 0 saturated heterocycles. The molecule has 19 heavy (non-hydrogen) atoms. The number of hydrogen-bond acceptors (Lipinski definition) is 4. The zero-order valence-corrected chi connectivity index (χ0v) is 13.1. The molecule has 2 heterocycles. The maximum atomic E-state index is 4.79. The maximum Gasteiger partial charge on any atom is 0.136 e. The first-order chi connectivity index (χ1) is 8.93. The zero-order chi connectivity index (χ0) is 14.0. The molecule has 0 fully saturated rings. The normalized spacial score (nSPS) is 11.6. The van der Waals surface area contributed by atoms with Gasteiger partial charge < -0.3 is 5.32 Å². The molecule has 0 aliphatic heterocycles. The smallest absolute Gasteiger partial charge is 0.136 e. The fraction of sp³-hybridized carbons (Fsp3) is 0.467. The molecule has 2 rings (SSSR count). The molecule has 3 nitrogen and oxygen atoms in total. The van der Waals surface area contributed by atoms with E-state index in [-0.39, 0.29) is 5.41 Å². The first-order valence-corrected chi connectivity index (χ1v) is 7.48. The summed E-state index contributed by atoms with van der Waals surface area (Å²) in [5, 5.41) is 5.43.